The van der Waals surface area contributed by atoms with Gasteiger partial charge in [0.05, 0.1) is 26.4 Å². The molecule has 0 saturated heterocycles. The number of rotatable bonds is 11. The second kappa shape index (κ2) is 10.6. The molecule has 0 unspecified atom stereocenters. The Balaban J connectivity index is 1.68. The summed E-state index contributed by atoms with van der Waals surface area (Å²) in [6.45, 7) is 9.60. The maximum atomic E-state index is 5.74. The molecular formula is C22H26O3. The van der Waals surface area contributed by atoms with E-state index in [4.69, 9.17) is 14.2 Å². The molecule has 0 aliphatic rings. The van der Waals surface area contributed by atoms with Gasteiger partial charge in [0.25, 0.3) is 0 Å². The van der Waals surface area contributed by atoms with Crippen LogP contribution < -0.4 is 0 Å². The van der Waals surface area contributed by atoms with Crippen molar-refractivity contribution in [1.29, 1.82) is 0 Å². The normalized spacial score (nSPS) is 10.8. The lowest BCUT2D eigenvalue weighted by molar-refractivity contribution is -0.0484. The van der Waals surface area contributed by atoms with Crippen LogP contribution in [0.5, 0.6) is 0 Å². The maximum Gasteiger partial charge on any atom is 0.104 e. The summed E-state index contributed by atoms with van der Waals surface area (Å²) < 4.78 is 16.9. The fraction of sp³-hybridized carbons (Fsp3) is 0.273. The Labute approximate surface area is 150 Å². The van der Waals surface area contributed by atoms with E-state index in [1.807, 2.05) is 60.7 Å². The SMILES string of the molecule is C=Cc1ccc(COCC(COCc2ccc(C=C)cc2)OC)cc1. The molecule has 0 amide bonds. The van der Waals surface area contributed by atoms with Gasteiger partial charge in [0.15, 0.2) is 0 Å². The monoisotopic (exact) mass is 338 g/mol. The summed E-state index contributed by atoms with van der Waals surface area (Å²) in [4.78, 5) is 0. The van der Waals surface area contributed by atoms with E-state index in [0.29, 0.717) is 26.4 Å². The Bertz CT molecular complexity index is 586. The van der Waals surface area contributed by atoms with Crippen molar-refractivity contribution in [2.45, 2.75) is 19.3 Å². The van der Waals surface area contributed by atoms with Crippen molar-refractivity contribution in [3.05, 3.63) is 83.9 Å². The Hall–Kier alpha value is -2.20. The molecule has 2 aromatic rings. The fourth-order valence-electron chi connectivity index (χ4n) is 2.30. The van der Waals surface area contributed by atoms with Gasteiger partial charge >= 0.3 is 0 Å². The van der Waals surface area contributed by atoms with Crippen LogP contribution in [0.2, 0.25) is 0 Å². The van der Waals surface area contributed by atoms with E-state index in [1.165, 1.54) is 0 Å². The zero-order valence-corrected chi connectivity index (χ0v) is 14.8. The molecule has 0 spiro atoms. The van der Waals surface area contributed by atoms with Crippen molar-refractivity contribution >= 4 is 12.2 Å². The lowest BCUT2D eigenvalue weighted by atomic mass is 10.1. The molecule has 0 aromatic heterocycles. The Kier molecular flexibility index (Phi) is 8.13. The highest BCUT2D eigenvalue weighted by molar-refractivity contribution is 5.47. The summed E-state index contributed by atoms with van der Waals surface area (Å²) in [6, 6.07) is 16.3. The Morgan fingerprint density at radius 3 is 1.48 bits per heavy atom. The van der Waals surface area contributed by atoms with E-state index in [0.717, 1.165) is 22.3 Å². The third kappa shape index (κ3) is 6.67. The number of hydrogen-bond donors (Lipinski definition) is 0. The van der Waals surface area contributed by atoms with Crippen LogP contribution in [0.1, 0.15) is 22.3 Å². The molecule has 2 aromatic carbocycles. The number of benzene rings is 2. The predicted octanol–water partition coefficient (Wildman–Crippen LogP) is 4.72. The van der Waals surface area contributed by atoms with Crippen LogP contribution in [-0.2, 0) is 27.4 Å². The van der Waals surface area contributed by atoms with E-state index in [-0.39, 0.29) is 6.10 Å². The van der Waals surface area contributed by atoms with E-state index in [1.54, 1.807) is 7.11 Å². The first-order chi connectivity index (χ1) is 12.2. The van der Waals surface area contributed by atoms with Crippen molar-refractivity contribution in [1.82, 2.24) is 0 Å². The fourth-order valence-corrected chi connectivity index (χ4v) is 2.30. The molecular weight excluding hydrogens is 312 g/mol. The lowest BCUT2D eigenvalue weighted by Gasteiger charge is -2.16. The van der Waals surface area contributed by atoms with Crippen LogP contribution in [0, 0.1) is 0 Å². The summed E-state index contributed by atoms with van der Waals surface area (Å²) in [5.41, 5.74) is 4.47. The molecule has 0 radical (unpaired) electrons. The van der Waals surface area contributed by atoms with E-state index >= 15 is 0 Å². The number of methoxy groups -OCH3 is 1. The number of ether oxygens (including phenoxy) is 3. The van der Waals surface area contributed by atoms with Crippen molar-refractivity contribution in [2.24, 2.45) is 0 Å². The first-order valence-corrected chi connectivity index (χ1v) is 8.36. The minimum Gasteiger partial charge on any atom is -0.377 e. The van der Waals surface area contributed by atoms with E-state index in [2.05, 4.69) is 13.2 Å². The zero-order chi connectivity index (χ0) is 17.9. The van der Waals surface area contributed by atoms with Crippen LogP contribution >= 0.6 is 0 Å². The molecule has 0 aliphatic heterocycles. The second-order valence-electron chi connectivity index (χ2n) is 5.78. The van der Waals surface area contributed by atoms with Crippen LogP contribution in [-0.4, -0.2) is 26.4 Å². The van der Waals surface area contributed by atoms with Gasteiger partial charge in [0.1, 0.15) is 6.10 Å². The quantitative estimate of drug-likeness (QED) is 0.593. The molecule has 2 rings (SSSR count). The smallest absolute Gasteiger partial charge is 0.104 e. The topological polar surface area (TPSA) is 27.7 Å². The summed E-state index contributed by atoms with van der Waals surface area (Å²) in [5.74, 6) is 0. The van der Waals surface area contributed by atoms with Gasteiger partial charge in [-0.25, -0.2) is 0 Å². The van der Waals surface area contributed by atoms with Crippen molar-refractivity contribution in [3.8, 4) is 0 Å². The molecule has 0 N–H and O–H groups in total. The minimum absolute atomic E-state index is 0.0834. The third-order valence-electron chi connectivity index (χ3n) is 3.91. The summed E-state index contributed by atoms with van der Waals surface area (Å²) in [7, 11) is 1.68. The first-order valence-electron chi connectivity index (χ1n) is 8.36. The van der Waals surface area contributed by atoms with Crippen LogP contribution in [0.3, 0.4) is 0 Å². The van der Waals surface area contributed by atoms with Crippen LogP contribution in [0.25, 0.3) is 12.2 Å². The summed E-state index contributed by atoms with van der Waals surface area (Å²) in [6.07, 6.45) is 3.57. The second-order valence-corrected chi connectivity index (χ2v) is 5.78. The third-order valence-corrected chi connectivity index (χ3v) is 3.91. The standard InChI is InChI=1S/C22H26O3/c1-4-18-6-10-20(11-7-18)14-24-16-22(23-3)17-25-15-21-12-8-19(5-2)9-13-21/h4-13,22H,1-2,14-17H2,3H3. The Morgan fingerprint density at radius 2 is 1.16 bits per heavy atom. The lowest BCUT2D eigenvalue weighted by Crippen LogP contribution is -2.24. The van der Waals surface area contributed by atoms with Gasteiger partial charge in [-0.15, -0.1) is 0 Å². The average molecular weight is 338 g/mol. The highest BCUT2D eigenvalue weighted by Gasteiger charge is 2.08. The zero-order valence-electron chi connectivity index (χ0n) is 14.8. The van der Waals surface area contributed by atoms with Crippen molar-refractivity contribution < 1.29 is 14.2 Å². The predicted molar refractivity (Wildman–Crippen MR) is 103 cm³/mol. The molecule has 132 valence electrons. The van der Waals surface area contributed by atoms with Crippen molar-refractivity contribution in [2.75, 3.05) is 20.3 Å². The maximum absolute atomic E-state index is 5.74. The molecule has 25 heavy (non-hydrogen) atoms. The Morgan fingerprint density at radius 1 is 0.760 bits per heavy atom. The molecule has 0 heterocycles. The van der Waals surface area contributed by atoms with Crippen LogP contribution in [0.15, 0.2) is 61.7 Å². The average Bonchev–Trinajstić information content (AvgIpc) is 2.67. The molecule has 0 aliphatic carbocycles. The van der Waals surface area contributed by atoms with Gasteiger partial charge in [-0.2, -0.15) is 0 Å². The molecule has 0 atom stereocenters. The largest absolute Gasteiger partial charge is 0.377 e. The highest BCUT2D eigenvalue weighted by atomic mass is 16.6. The molecule has 3 nitrogen and oxygen atoms in total. The van der Waals surface area contributed by atoms with E-state index < -0.39 is 0 Å². The van der Waals surface area contributed by atoms with Gasteiger partial charge < -0.3 is 14.2 Å². The summed E-state index contributed by atoms with van der Waals surface area (Å²) >= 11 is 0. The minimum atomic E-state index is -0.0834. The highest BCUT2D eigenvalue weighted by Crippen LogP contribution is 2.09. The van der Waals surface area contributed by atoms with Gasteiger partial charge in [-0.3, -0.25) is 0 Å². The van der Waals surface area contributed by atoms with Gasteiger partial charge in [-0.05, 0) is 22.3 Å². The van der Waals surface area contributed by atoms with Gasteiger partial charge in [0.2, 0.25) is 0 Å². The molecule has 0 fully saturated rings. The molecule has 3 heteroatoms. The van der Waals surface area contributed by atoms with Crippen LogP contribution in [0.4, 0.5) is 0 Å². The van der Waals surface area contributed by atoms with E-state index in [9.17, 15) is 0 Å². The number of hydrogen-bond acceptors (Lipinski definition) is 3. The summed E-state index contributed by atoms with van der Waals surface area (Å²) in [5, 5.41) is 0. The molecule has 0 bridgehead atoms. The van der Waals surface area contributed by atoms with Crippen molar-refractivity contribution in [3.63, 3.8) is 0 Å². The van der Waals surface area contributed by atoms with Gasteiger partial charge in [-0.1, -0.05) is 73.8 Å². The first kappa shape index (κ1) is 19.1. The molecule has 0 saturated carbocycles. The van der Waals surface area contributed by atoms with Gasteiger partial charge in [0, 0.05) is 7.11 Å².